The van der Waals surface area contributed by atoms with Gasteiger partial charge in [-0.25, -0.2) is 0 Å². The molecule has 0 spiro atoms. The molecule has 2 atom stereocenters. The minimum atomic E-state index is -0.0394. The van der Waals surface area contributed by atoms with Crippen molar-refractivity contribution in [3.8, 4) is 0 Å². The molecule has 10 heavy (non-hydrogen) atoms. The molecule has 3 fully saturated rings. The molecule has 3 heterocycles. The van der Waals surface area contributed by atoms with Crippen molar-refractivity contribution in [2.45, 2.75) is 31.9 Å². The molecule has 3 saturated heterocycles. The first-order chi connectivity index (χ1) is 4.79. The lowest BCUT2D eigenvalue weighted by atomic mass is 9.81. The quantitative estimate of drug-likeness (QED) is 0.530. The Morgan fingerprint density at radius 2 is 1.90 bits per heavy atom. The molecule has 0 aromatic rings. The van der Waals surface area contributed by atoms with Crippen LogP contribution in [0.25, 0.3) is 0 Å². The van der Waals surface area contributed by atoms with Crippen molar-refractivity contribution in [1.29, 1.82) is 0 Å². The van der Waals surface area contributed by atoms with E-state index in [4.69, 9.17) is 0 Å². The van der Waals surface area contributed by atoms with Gasteiger partial charge in [-0.1, -0.05) is 0 Å². The third kappa shape index (κ3) is 0.789. The van der Waals surface area contributed by atoms with Crippen molar-refractivity contribution in [2.75, 3.05) is 13.1 Å². The van der Waals surface area contributed by atoms with E-state index in [0.29, 0.717) is 12.0 Å². The highest BCUT2D eigenvalue weighted by Crippen LogP contribution is 2.31. The summed E-state index contributed by atoms with van der Waals surface area (Å²) in [5.41, 5.74) is 0. The van der Waals surface area contributed by atoms with E-state index in [2.05, 4.69) is 11.8 Å². The number of hydrogen-bond acceptors (Lipinski definition) is 2. The molecule has 3 aliphatic heterocycles. The minimum Gasteiger partial charge on any atom is -0.391 e. The highest BCUT2D eigenvalue weighted by molar-refractivity contribution is 4.91. The van der Waals surface area contributed by atoms with Crippen molar-refractivity contribution in [1.82, 2.24) is 4.90 Å². The molecule has 0 aromatic carbocycles. The Balaban J connectivity index is 2.13. The van der Waals surface area contributed by atoms with Crippen molar-refractivity contribution >= 4 is 0 Å². The van der Waals surface area contributed by atoms with Crippen molar-refractivity contribution < 1.29 is 5.11 Å². The first kappa shape index (κ1) is 6.62. The Labute approximate surface area is 61.8 Å². The zero-order chi connectivity index (χ0) is 7.14. The topological polar surface area (TPSA) is 23.5 Å². The molecule has 2 bridgehead atoms. The van der Waals surface area contributed by atoms with E-state index in [9.17, 15) is 5.11 Å². The molecule has 58 valence electrons. The standard InChI is InChI=1S/C8H15NO/c1-6-8(10)7-2-4-9(6)5-3-7/h6-8,10H,2-5H2,1H3/t6-,8-/m0/s1. The third-order valence-electron chi connectivity index (χ3n) is 3.13. The lowest BCUT2D eigenvalue weighted by molar-refractivity contribution is -0.0646. The van der Waals surface area contributed by atoms with Crippen LogP contribution in [0.2, 0.25) is 0 Å². The van der Waals surface area contributed by atoms with Gasteiger partial charge in [0.15, 0.2) is 0 Å². The van der Waals surface area contributed by atoms with Crippen LogP contribution in [0.4, 0.5) is 0 Å². The number of rotatable bonds is 0. The summed E-state index contributed by atoms with van der Waals surface area (Å²) < 4.78 is 0. The van der Waals surface area contributed by atoms with Crippen LogP contribution >= 0.6 is 0 Å². The normalized spacial score (nSPS) is 53.4. The van der Waals surface area contributed by atoms with Crippen LogP contribution < -0.4 is 0 Å². The number of piperidine rings is 3. The maximum Gasteiger partial charge on any atom is 0.0721 e. The summed E-state index contributed by atoms with van der Waals surface area (Å²) in [6.45, 7) is 4.56. The van der Waals surface area contributed by atoms with Gasteiger partial charge in [-0.2, -0.15) is 0 Å². The zero-order valence-corrected chi connectivity index (χ0v) is 6.45. The average molecular weight is 141 g/mol. The smallest absolute Gasteiger partial charge is 0.0721 e. The highest BCUT2D eigenvalue weighted by Gasteiger charge is 2.38. The molecule has 0 aliphatic carbocycles. The number of aliphatic hydroxyl groups excluding tert-OH is 1. The fraction of sp³-hybridized carbons (Fsp3) is 1.00. The molecule has 0 unspecified atom stereocenters. The van der Waals surface area contributed by atoms with Crippen LogP contribution in [-0.2, 0) is 0 Å². The summed E-state index contributed by atoms with van der Waals surface area (Å²) in [5.74, 6) is 0.611. The molecule has 0 aromatic heterocycles. The van der Waals surface area contributed by atoms with Crippen LogP contribution in [0.5, 0.6) is 0 Å². The van der Waals surface area contributed by atoms with Gasteiger partial charge < -0.3 is 5.11 Å². The molecule has 0 amide bonds. The maximum absolute atomic E-state index is 9.63. The third-order valence-corrected chi connectivity index (χ3v) is 3.13. The van der Waals surface area contributed by atoms with Gasteiger partial charge in [0.05, 0.1) is 6.10 Å². The van der Waals surface area contributed by atoms with E-state index in [1.807, 2.05) is 0 Å². The molecule has 3 rings (SSSR count). The largest absolute Gasteiger partial charge is 0.391 e. The highest BCUT2D eigenvalue weighted by atomic mass is 16.3. The van der Waals surface area contributed by atoms with Crippen molar-refractivity contribution in [3.63, 3.8) is 0 Å². The number of aliphatic hydroxyl groups is 1. The fourth-order valence-electron chi connectivity index (χ4n) is 2.28. The zero-order valence-electron chi connectivity index (χ0n) is 6.45. The molecule has 2 heteroatoms. The maximum atomic E-state index is 9.63. The number of hydrogen-bond donors (Lipinski definition) is 1. The summed E-state index contributed by atoms with van der Waals surface area (Å²) in [6.07, 6.45) is 2.39. The molecule has 2 nitrogen and oxygen atoms in total. The van der Waals surface area contributed by atoms with Gasteiger partial charge in [0.1, 0.15) is 0 Å². The van der Waals surface area contributed by atoms with E-state index < -0.39 is 0 Å². The van der Waals surface area contributed by atoms with Gasteiger partial charge in [0.2, 0.25) is 0 Å². The monoisotopic (exact) mass is 141 g/mol. The van der Waals surface area contributed by atoms with Crippen LogP contribution in [0, 0.1) is 5.92 Å². The molecular formula is C8H15NO. The number of nitrogens with zero attached hydrogens (tertiary/aromatic N) is 1. The summed E-state index contributed by atoms with van der Waals surface area (Å²) in [5, 5.41) is 9.63. The Hall–Kier alpha value is -0.0800. The molecular weight excluding hydrogens is 126 g/mol. The van der Waals surface area contributed by atoms with Crippen molar-refractivity contribution in [3.05, 3.63) is 0 Å². The Kier molecular flexibility index (Phi) is 1.46. The van der Waals surface area contributed by atoms with Crippen molar-refractivity contribution in [2.24, 2.45) is 5.92 Å². The Morgan fingerprint density at radius 1 is 1.30 bits per heavy atom. The fourth-order valence-corrected chi connectivity index (χ4v) is 2.28. The van der Waals surface area contributed by atoms with E-state index in [-0.39, 0.29) is 6.10 Å². The van der Waals surface area contributed by atoms with E-state index in [0.717, 1.165) is 0 Å². The Bertz CT molecular complexity index is 109. The Morgan fingerprint density at radius 3 is 2.20 bits per heavy atom. The lowest BCUT2D eigenvalue weighted by Crippen LogP contribution is -2.56. The second kappa shape index (κ2) is 2.21. The van der Waals surface area contributed by atoms with Crippen LogP contribution in [0.1, 0.15) is 19.8 Å². The van der Waals surface area contributed by atoms with Gasteiger partial charge >= 0.3 is 0 Å². The minimum absolute atomic E-state index is 0.0394. The molecule has 3 aliphatic rings. The summed E-state index contributed by atoms with van der Waals surface area (Å²) in [4.78, 5) is 2.39. The summed E-state index contributed by atoms with van der Waals surface area (Å²) in [7, 11) is 0. The SMILES string of the molecule is C[C@H]1[C@H](O)C2CCN1CC2. The summed E-state index contributed by atoms with van der Waals surface area (Å²) in [6, 6.07) is 0.424. The first-order valence-corrected chi connectivity index (χ1v) is 4.21. The predicted octanol–water partition coefficient (Wildman–Crippen LogP) is 0.461. The van der Waals surface area contributed by atoms with Crippen LogP contribution in [-0.4, -0.2) is 35.2 Å². The van der Waals surface area contributed by atoms with Crippen LogP contribution in [0.3, 0.4) is 0 Å². The van der Waals surface area contributed by atoms with Crippen LogP contribution in [0.15, 0.2) is 0 Å². The number of fused-ring (bicyclic) bond motifs is 3. The first-order valence-electron chi connectivity index (χ1n) is 4.21. The van der Waals surface area contributed by atoms with Gasteiger partial charge in [0.25, 0.3) is 0 Å². The van der Waals surface area contributed by atoms with Gasteiger partial charge in [-0.3, -0.25) is 4.90 Å². The van der Waals surface area contributed by atoms with E-state index in [1.54, 1.807) is 0 Å². The molecule has 0 radical (unpaired) electrons. The summed E-state index contributed by atoms with van der Waals surface area (Å²) >= 11 is 0. The van der Waals surface area contributed by atoms with E-state index >= 15 is 0 Å². The average Bonchev–Trinajstić information content (AvgIpc) is 2.00. The molecule has 0 saturated carbocycles. The lowest BCUT2D eigenvalue weighted by Gasteiger charge is -2.47. The second-order valence-electron chi connectivity index (χ2n) is 3.60. The second-order valence-corrected chi connectivity index (χ2v) is 3.60. The van der Waals surface area contributed by atoms with Gasteiger partial charge in [0, 0.05) is 6.04 Å². The molecule has 1 N–H and O–H groups in total. The van der Waals surface area contributed by atoms with E-state index in [1.165, 1.54) is 25.9 Å². The predicted molar refractivity (Wildman–Crippen MR) is 39.8 cm³/mol. The van der Waals surface area contributed by atoms with Gasteiger partial charge in [-0.05, 0) is 38.8 Å². The van der Waals surface area contributed by atoms with Gasteiger partial charge in [-0.15, -0.1) is 0 Å².